The van der Waals surface area contributed by atoms with Gasteiger partial charge in [0.1, 0.15) is 12.2 Å². The lowest BCUT2D eigenvalue weighted by atomic mass is 10.3. The standard InChI is InChI=1S/C4H7NO2/c6-3-1-5-2-4(3)7/h1,3-4,6-7H,2H2. The maximum Gasteiger partial charge on any atom is 0.116 e. The van der Waals surface area contributed by atoms with Crippen molar-refractivity contribution in [3.8, 4) is 0 Å². The minimum absolute atomic E-state index is 0.348. The van der Waals surface area contributed by atoms with Gasteiger partial charge in [0, 0.05) is 6.21 Å². The van der Waals surface area contributed by atoms with Gasteiger partial charge in [-0.15, -0.1) is 0 Å². The quantitative estimate of drug-likeness (QED) is 0.402. The summed E-state index contributed by atoms with van der Waals surface area (Å²) in [7, 11) is 0. The molecule has 0 aromatic rings. The van der Waals surface area contributed by atoms with Crippen LogP contribution in [0.4, 0.5) is 0 Å². The van der Waals surface area contributed by atoms with Gasteiger partial charge in [0.25, 0.3) is 0 Å². The number of nitrogens with zero attached hydrogens (tertiary/aromatic N) is 1. The fourth-order valence-electron chi connectivity index (χ4n) is 0.484. The Labute approximate surface area is 41.3 Å². The van der Waals surface area contributed by atoms with Gasteiger partial charge < -0.3 is 10.2 Å². The summed E-state index contributed by atoms with van der Waals surface area (Å²) < 4.78 is 0. The van der Waals surface area contributed by atoms with Crippen LogP contribution in [0.1, 0.15) is 0 Å². The molecule has 0 saturated carbocycles. The Hall–Kier alpha value is -0.410. The van der Waals surface area contributed by atoms with E-state index in [4.69, 9.17) is 10.2 Å². The van der Waals surface area contributed by atoms with Crippen molar-refractivity contribution in [3.63, 3.8) is 0 Å². The highest BCUT2D eigenvalue weighted by Crippen LogP contribution is 1.97. The van der Waals surface area contributed by atoms with Gasteiger partial charge in [-0.2, -0.15) is 0 Å². The summed E-state index contributed by atoms with van der Waals surface area (Å²) in [6.45, 7) is 0.348. The summed E-state index contributed by atoms with van der Waals surface area (Å²) in [6, 6.07) is 0. The van der Waals surface area contributed by atoms with Gasteiger partial charge in [0.05, 0.1) is 6.54 Å². The Bertz CT molecular complexity index is 91.7. The van der Waals surface area contributed by atoms with Gasteiger partial charge in [-0.25, -0.2) is 0 Å². The highest BCUT2D eigenvalue weighted by atomic mass is 16.3. The third-order valence-electron chi connectivity index (χ3n) is 0.945. The van der Waals surface area contributed by atoms with Gasteiger partial charge in [0.2, 0.25) is 0 Å². The van der Waals surface area contributed by atoms with Crippen molar-refractivity contribution >= 4 is 6.21 Å². The molecule has 0 aromatic heterocycles. The predicted molar refractivity (Wildman–Crippen MR) is 25.4 cm³/mol. The Kier molecular flexibility index (Phi) is 1.08. The van der Waals surface area contributed by atoms with Crippen molar-refractivity contribution in [1.29, 1.82) is 0 Å². The monoisotopic (exact) mass is 101 g/mol. The maximum absolute atomic E-state index is 8.62. The zero-order valence-electron chi connectivity index (χ0n) is 3.78. The van der Waals surface area contributed by atoms with Gasteiger partial charge in [-0.1, -0.05) is 0 Å². The third kappa shape index (κ3) is 0.783. The van der Waals surface area contributed by atoms with E-state index in [0.29, 0.717) is 6.54 Å². The Morgan fingerprint density at radius 1 is 1.57 bits per heavy atom. The minimum atomic E-state index is -0.722. The van der Waals surface area contributed by atoms with E-state index in [1.807, 2.05) is 0 Å². The molecule has 1 aliphatic rings. The summed E-state index contributed by atoms with van der Waals surface area (Å²) in [4.78, 5) is 3.62. The first-order valence-electron chi connectivity index (χ1n) is 2.17. The second kappa shape index (κ2) is 1.60. The lowest BCUT2D eigenvalue weighted by Crippen LogP contribution is -2.23. The lowest BCUT2D eigenvalue weighted by molar-refractivity contribution is 0.0794. The van der Waals surface area contributed by atoms with E-state index in [1.54, 1.807) is 0 Å². The van der Waals surface area contributed by atoms with Crippen LogP contribution in [-0.4, -0.2) is 35.2 Å². The molecule has 2 unspecified atom stereocenters. The van der Waals surface area contributed by atoms with Crippen LogP contribution >= 0.6 is 0 Å². The Morgan fingerprint density at radius 3 is 2.43 bits per heavy atom. The van der Waals surface area contributed by atoms with E-state index in [0.717, 1.165) is 0 Å². The van der Waals surface area contributed by atoms with Gasteiger partial charge in [0.15, 0.2) is 0 Å². The maximum atomic E-state index is 8.62. The summed E-state index contributed by atoms with van der Waals surface area (Å²) >= 11 is 0. The molecule has 1 heterocycles. The van der Waals surface area contributed by atoms with Crippen molar-refractivity contribution in [2.24, 2.45) is 4.99 Å². The summed E-state index contributed by atoms with van der Waals surface area (Å²) in [6.07, 6.45) is -0.0231. The highest BCUT2D eigenvalue weighted by Gasteiger charge is 2.17. The first kappa shape index (κ1) is 4.74. The molecule has 2 atom stereocenters. The first-order valence-corrected chi connectivity index (χ1v) is 2.17. The second-order valence-electron chi connectivity index (χ2n) is 1.57. The van der Waals surface area contributed by atoms with Crippen LogP contribution in [0.5, 0.6) is 0 Å². The molecule has 0 aliphatic carbocycles. The molecule has 0 spiro atoms. The number of aliphatic imine (C=N–C) groups is 1. The molecule has 0 bridgehead atoms. The van der Waals surface area contributed by atoms with Crippen molar-refractivity contribution < 1.29 is 10.2 Å². The van der Waals surface area contributed by atoms with Gasteiger partial charge in [-0.3, -0.25) is 4.99 Å². The molecule has 40 valence electrons. The van der Waals surface area contributed by atoms with Crippen LogP contribution in [0.3, 0.4) is 0 Å². The Morgan fingerprint density at radius 2 is 2.29 bits per heavy atom. The molecule has 0 saturated heterocycles. The summed E-state index contributed by atoms with van der Waals surface area (Å²) in [5.74, 6) is 0. The second-order valence-corrected chi connectivity index (χ2v) is 1.57. The molecule has 3 nitrogen and oxygen atoms in total. The molecule has 1 aliphatic heterocycles. The van der Waals surface area contributed by atoms with Crippen LogP contribution in [0.2, 0.25) is 0 Å². The van der Waals surface area contributed by atoms with Crippen LogP contribution in [0.15, 0.2) is 4.99 Å². The van der Waals surface area contributed by atoms with Gasteiger partial charge >= 0.3 is 0 Å². The van der Waals surface area contributed by atoms with E-state index < -0.39 is 12.2 Å². The largest absolute Gasteiger partial charge is 0.388 e. The van der Waals surface area contributed by atoms with Gasteiger partial charge in [-0.05, 0) is 0 Å². The molecule has 1 rings (SSSR count). The fourth-order valence-corrected chi connectivity index (χ4v) is 0.484. The first-order chi connectivity index (χ1) is 3.30. The van der Waals surface area contributed by atoms with Crippen LogP contribution in [-0.2, 0) is 0 Å². The van der Waals surface area contributed by atoms with E-state index in [1.165, 1.54) is 6.21 Å². The van der Waals surface area contributed by atoms with E-state index >= 15 is 0 Å². The van der Waals surface area contributed by atoms with Crippen molar-refractivity contribution in [2.45, 2.75) is 12.2 Å². The SMILES string of the molecule is OC1C=NCC1O. The molecule has 3 heteroatoms. The molecule has 2 N–H and O–H groups in total. The van der Waals surface area contributed by atoms with E-state index in [2.05, 4.69) is 4.99 Å². The zero-order valence-corrected chi connectivity index (χ0v) is 3.78. The lowest BCUT2D eigenvalue weighted by Gasteiger charge is -2.00. The predicted octanol–water partition coefficient (Wildman–Crippen LogP) is -1.21. The van der Waals surface area contributed by atoms with E-state index in [9.17, 15) is 0 Å². The zero-order chi connectivity index (χ0) is 5.28. The smallest absolute Gasteiger partial charge is 0.116 e. The Balaban J connectivity index is 2.45. The molecule has 0 aromatic carbocycles. The van der Waals surface area contributed by atoms with E-state index in [-0.39, 0.29) is 0 Å². The van der Waals surface area contributed by atoms with Crippen LogP contribution in [0, 0.1) is 0 Å². The molecular weight excluding hydrogens is 94.0 g/mol. The highest BCUT2D eigenvalue weighted by molar-refractivity contribution is 5.65. The molecular formula is C4H7NO2. The average Bonchev–Trinajstić information content (AvgIpc) is 1.91. The number of hydrogen-bond donors (Lipinski definition) is 2. The number of aliphatic hydroxyl groups excluding tert-OH is 2. The average molecular weight is 101 g/mol. The fraction of sp³-hybridized carbons (Fsp3) is 0.750. The van der Waals surface area contributed by atoms with Crippen molar-refractivity contribution in [2.75, 3.05) is 6.54 Å². The molecule has 0 fully saturated rings. The number of aliphatic hydroxyl groups is 2. The topological polar surface area (TPSA) is 52.8 Å². The normalized spacial score (nSPS) is 39.7. The number of hydrogen-bond acceptors (Lipinski definition) is 3. The van der Waals surface area contributed by atoms with Crippen molar-refractivity contribution in [1.82, 2.24) is 0 Å². The summed E-state index contributed by atoms with van der Waals surface area (Å²) in [5.41, 5.74) is 0. The van der Waals surface area contributed by atoms with Crippen LogP contribution in [0.25, 0.3) is 0 Å². The molecule has 0 amide bonds. The van der Waals surface area contributed by atoms with Crippen molar-refractivity contribution in [3.05, 3.63) is 0 Å². The summed E-state index contributed by atoms with van der Waals surface area (Å²) in [5, 5.41) is 17.2. The molecule has 0 radical (unpaired) electrons. The minimum Gasteiger partial charge on any atom is -0.388 e. The van der Waals surface area contributed by atoms with Crippen LogP contribution < -0.4 is 0 Å². The number of rotatable bonds is 0. The molecule has 7 heavy (non-hydrogen) atoms. The third-order valence-corrected chi connectivity index (χ3v) is 0.945.